The normalized spacial score (nSPS) is 11.5. The first-order valence-corrected chi connectivity index (χ1v) is 5.52. The summed E-state index contributed by atoms with van der Waals surface area (Å²) in [6, 6.07) is 6.53. The number of aromatic nitrogens is 4. The molecule has 0 fully saturated rings. The van der Waals surface area contributed by atoms with Crippen LogP contribution in [0.25, 0.3) is 5.69 Å². The molecule has 0 unspecified atom stereocenters. The zero-order chi connectivity index (χ0) is 13.3. The predicted octanol–water partition coefficient (Wildman–Crippen LogP) is 1.66. The predicted molar refractivity (Wildman–Crippen MR) is 64.8 cm³/mol. The lowest BCUT2D eigenvalue weighted by Gasteiger charge is -2.17. The van der Waals surface area contributed by atoms with Gasteiger partial charge < -0.3 is 5.11 Å². The molecule has 6 heteroatoms. The largest absolute Gasteiger partial charge is 0.478 e. The van der Waals surface area contributed by atoms with Crippen LogP contribution in [0.1, 0.15) is 37.0 Å². The van der Waals surface area contributed by atoms with E-state index in [0.717, 1.165) is 0 Å². The first-order valence-electron chi connectivity index (χ1n) is 5.52. The number of rotatable bonds is 2. The highest BCUT2D eigenvalue weighted by Gasteiger charge is 2.23. The Morgan fingerprint density at radius 3 is 2.67 bits per heavy atom. The van der Waals surface area contributed by atoms with Crippen LogP contribution in [-0.4, -0.2) is 31.3 Å². The van der Waals surface area contributed by atoms with E-state index in [1.807, 2.05) is 20.8 Å². The zero-order valence-corrected chi connectivity index (χ0v) is 10.5. The molecule has 1 aromatic carbocycles. The molecule has 0 aliphatic carbocycles. The molecule has 0 amide bonds. The summed E-state index contributed by atoms with van der Waals surface area (Å²) in [5.74, 6) is -0.285. The van der Waals surface area contributed by atoms with Gasteiger partial charge in [-0.25, -0.2) is 4.79 Å². The van der Waals surface area contributed by atoms with Crippen molar-refractivity contribution in [2.24, 2.45) is 0 Å². The van der Waals surface area contributed by atoms with Crippen molar-refractivity contribution < 1.29 is 9.90 Å². The summed E-state index contributed by atoms with van der Waals surface area (Å²) in [5.41, 5.74) is 0.635. The van der Waals surface area contributed by atoms with Crippen LogP contribution in [0, 0.1) is 0 Å². The van der Waals surface area contributed by atoms with Crippen LogP contribution in [0.4, 0.5) is 0 Å². The van der Waals surface area contributed by atoms with Crippen LogP contribution in [-0.2, 0) is 5.41 Å². The Bertz CT molecular complexity index is 584. The molecule has 1 heterocycles. The Balaban J connectivity index is 2.53. The first kappa shape index (κ1) is 12.2. The van der Waals surface area contributed by atoms with Gasteiger partial charge in [0.2, 0.25) is 0 Å². The summed E-state index contributed by atoms with van der Waals surface area (Å²) in [5, 5.41) is 20.5. The van der Waals surface area contributed by atoms with Crippen molar-refractivity contribution in [1.29, 1.82) is 0 Å². The van der Waals surface area contributed by atoms with E-state index in [4.69, 9.17) is 5.11 Å². The van der Waals surface area contributed by atoms with Crippen LogP contribution in [0.15, 0.2) is 24.3 Å². The van der Waals surface area contributed by atoms with E-state index in [2.05, 4.69) is 15.5 Å². The summed E-state index contributed by atoms with van der Waals surface area (Å²) in [4.78, 5) is 10.9. The molecule has 1 aromatic heterocycles. The van der Waals surface area contributed by atoms with Gasteiger partial charge in [0.15, 0.2) is 5.82 Å². The number of tetrazole rings is 1. The van der Waals surface area contributed by atoms with Crippen molar-refractivity contribution >= 4 is 5.97 Å². The third-order valence-corrected chi connectivity index (χ3v) is 2.48. The topological polar surface area (TPSA) is 80.9 Å². The van der Waals surface area contributed by atoms with Crippen LogP contribution < -0.4 is 0 Å². The fourth-order valence-corrected chi connectivity index (χ4v) is 1.60. The maximum absolute atomic E-state index is 10.9. The third kappa shape index (κ3) is 2.22. The number of hydrogen-bond donors (Lipinski definition) is 1. The number of carboxylic acids is 1. The first-order chi connectivity index (χ1) is 8.39. The van der Waals surface area contributed by atoms with Gasteiger partial charge in [0.1, 0.15) is 0 Å². The molecule has 1 N–H and O–H groups in total. The van der Waals surface area contributed by atoms with Crippen molar-refractivity contribution in [1.82, 2.24) is 20.2 Å². The summed E-state index contributed by atoms with van der Waals surface area (Å²) < 4.78 is 1.56. The molecule has 0 spiro atoms. The lowest BCUT2D eigenvalue weighted by atomic mass is 9.95. The van der Waals surface area contributed by atoms with E-state index in [1.165, 1.54) is 6.07 Å². The highest BCUT2D eigenvalue weighted by molar-refractivity contribution is 5.88. The number of carbonyl (C=O) groups is 1. The molecule has 0 aliphatic heterocycles. The molecule has 0 radical (unpaired) electrons. The molecular weight excluding hydrogens is 232 g/mol. The smallest absolute Gasteiger partial charge is 0.335 e. The minimum atomic E-state index is -0.970. The molecule has 0 saturated heterocycles. The second-order valence-electron chi connectivity index (χ2n) is 5.02. The Labute approximate surface area is 104 Å². The number of hydrogen-bond acceptors (Lipinski definition) is 4. The number of aromatic carboxylic acids is 1. The van der Waals surface area contributed by atoms with Crippen molar-refractivity contribution in [2.45, 2.75) is 26.2 Å². The third-order valence-electron chi connectivity index (χ3n) is 2.48. The van der Waals surface area contributed by atoms with E-state index in [1.54, 1.807) is 22.9 Å². The second-order valence-corrected chi connectivity index (χ2v) is 5.02. The molecule has 0 atom stereocenters. The second kappa shape index (κ2) is 4.21. The highest BCUT2D eigenvalue weighted by Crippen LogP contribution is 2.21. The van der Waals surface area contributed by atoms with Crippen LogP contribution >= 0.6 is 0 Å². The van der Waals surface area contributed by atoms with Gasteiger partial charge in [0, 0.05) is 5.41 Å². The van der Waals surface area contributed by atoms with Crippen molar-refractivity contribution in [2.75, 3.05) is 0 Å². The van der Waals surface area contributed by atoms with Gasteiger partial charge in [-0.1, -0.05) is 26.8 Å². The van der Waals surface area contributed by atoms with E-state index in [0.29, 0.717) is 11.5 Å². The van der Waals surface area contributed by atoms with Crippen molar-refractivity contribution in [3.63, 3.8) is 0 Å². The monoisotopic (exact) mass is 246 g/mol. The van der Waals surface area contributed by atoms with E-state index < -0.39 is 5.97 Å². The highest BCUT2D eigenvalue weighted by atomic mass is 16.4. The van der Waals surface area contributed by atoms with Gasteiger partial charge >= 0.3 is 5.97 Å². The molecule has 2 aromatic rings. The van der Waals surface area contributed by atoms with Crippen LogP contribution in [0.2, 0.25) is 0 Å². The van der Waals surface area contributed by atoms with Crippen molar-refractivity contribution in [3.8, 4) is 5.69 Å². The van der Waals surface area contributed by atoms with Crippen LogP contribution in [0.5, 0.6) is 0 Å². The van der Waals surface area contributed by atoms with Gasteiger partial charge in [-0.05, 0) is 28.6 Å². The molecular formula is C12H14N4O2. The Hall–Kier alpha value is -2.24. The Morgan fingerprint density at radius 1 is 1.33 bits per heavy atom. The average Bonchev–Trinajstić information content (AvgIpc) is 2.77. The summed E-state index contributed by atoms with van der Waals surface area (Å²) in [6.07, 6.45) is 0. The molecule has 0 bridgehead atoms. The van der Waals surface area contributed by atoms with Gasteiger partial charge in [0.25, 0.3) is 0 Å². The molecule has 0 aliphatic rings. The fourth-order valence-electron chi connectivity index (χ4n) is 1.60. The lowest BCUT2D eigenvalue weighted by Crippen LogP contribution is -2.19. The standard InChI is InChI=1S/C12H14N4O2/c1-12(2,3)11-13-14-15-16(11)9-6-4-5-8(7-9)10(17)18/h4-7H,1-3H3,(H,17,18). The Morgan fingerprint density at radius 2 is 2.06 bits per heavy atom. The molecule has 94 valence electrons. The molecule has 6 nitrogen and oxygen atoms in total. The molecule has 0 saturated carbocycles. The summed E-state index contributed by atoms with van der Waals surface area (Å²) >= 11 is 0. The van der Waals surface area contributed by atoms with Gasteiger partial charge in [-0.2, -0.15) is 4.68 Å². The minimum Gasteiger partial charge on any atom is -0.478 e. The van der Waals surface area contributed by atoms with E-state index in [-0.39, 0.29) is 11.0 Å². The summed E-state index contributed by atoms with van der Waals surface area (Å²) in [6.45, 7) is 5.99. The Kier molecular flexibility index (Phi) is 2.86. The van der Waals surface area contributed by atoms with Gasteiger partial charge in [0.05, 0.1) is 11.3 Å². The van der Waals surface area contributed by atoms with E-state index in [9.17, 15) is 4.79 Å². The number of carboxylic acid groups (broad SMARTS) is 1. The minimum absolute atomic E-state index is 0.211. The maximum atomic E-state index is 10.9. The maximum Gasteiger partial charge on any atom is 0.335 e. The van der Waals surface area contributed by atoms with Crippen molar-refractivity contribution in [3.05, 3.63) is 35.7 Å². The molecule has 18 heavy (non-hydrogen) atoms. The SMILES string of the molecule is CC(C)(C)c1nnnn1-c1cccc(C(=O)O)c1. The quantitative estimate of drug-likeness (QED) is 0.871. The van der Waals surface area contributed by atoms with Gasteiger partial charge in [-0.15, -0.1) is 5.10 Å². The van der Waals surface area contributed by atoms with Gasteiger partial charge in [-0.3, -0.25) is 0 Å². The van der Waals surface area contributed by atoms with Crippen LogP contribution in [0.3, 0.4) is 0 Å². The fraction of sp³-hybridized carbons (Fsp3) is 0.333. The number of nitrogens with zero attached hydrogens (tertiary/aromatic N) is 4. The average molecular weight is 246 g/mol. The summed E-state index contributed by atoms with van der Waals surface area (Å²) in [7, 11) is 0. The molecule has 2 rings (SSSR count). The zero-order valence-electron chi connectivity index (χ0n) is 10.5. The lowest BCUT2D eigenvalue weighted by molar-refractivity contribution is 0.0697. The van der Waals surface area contributed by atoms with E-state index >= 15 is 0 Å². The number of benzene rings is 1.